The number of fused-ring (bicyclic) bond motifs is 1. The Balaban J connectivity index is 2.25. The highest BCUT2D eigenvalue weighted by molar-refractivity contribution is 7.21. The predicted octanol–water partition coefficient (Wildman–Crippen LogP) is 3.04. The van der Waals surface area contributed by atoms with E-state index in [4.69, 9.17) is 0 Å². The summed E-state index contributed by atoms with van der Waals surface area (Å²) in [7, 11) is 1.68. The summed E-state index contributed by atoms with van der Waals surface area (Å²) in [5.74, 6) is -0.146. The molecule has 0 aliphatic heterocycles. The van der Waals surface area contributed by atoms with Crippen molar-refractivity contribution in [2.24, 2.45) is 7.05 Å². The maximum absolute atomic E-state index is 12.3. The van der Waals surface area contributed by atoms with E-state index in [2.05, 4.69) is 5.32 Å². The molecule has 0 fully saturated rings. The zero-order chi connectivity index (χ0) is 16.6. The van der Waals surface area contributed by atoms with Gasteiger partial charge in [-0.25, -0.2) is 0 Å². The third kappa shape index (κ3) is 2.80. The number of hydrogen-bond donors (Lipinski definition) is 1. The molecule has 0 spiro atoms. The van der Waals surface area contributed by atoms with E-state index in [9.17, 15) is 14.4 Å². The van der Waals surface area contributed by atoms with Gasteiger partial charge in [0.05, 0.1) is 10.3 Å². The number of aldehydes is 1. The van der Waals surface area contributed by atoms with Crippen molar-refractivity contribution in [2.75, 3.05) is 5.32 Å². The van der Waals surface area contributed by atoms with Gasteiger partial charge in [0.1, 0.15) is 0 Å². The van der Waals surface area contributed by atoms with Gasteiger partial charge >= 0.3 is 0 Å². The number of pyridine rings is 1. The largest absolute Gasteiger partial charge is 0.326 e. The highest BCUT2D eigenvalue weighted by Crippen LogP contribution is 2.33. The first-order valence-corrected chi connectivity index (χ1v) is 7.77. The molecule has 0 aliphatic carbocycles. The van der Waals surface area contributed by atoms with Crippen LogP contribution in [0.5, 0.6) is 0 Å². The van der Waals surface area contributed by atoms with E-state index < -0.39 is 0 Å². The Morgan fingerprint density at radius 1 is 1.30 bits per heavy atom. The lowest BCUT2D eigenvalue weighted by Gasteiger charge is -2.09. The molecule has 0 atom stereocenters. The summed E-state index contributed by atoms with van der Waals surface area (Å²) in [5.41, 5.74) is 2.28. The third-order valence-corrected chi connectivity index (χ3v) is 4.57. The Kier molecular flexibility index (Phi) is 3.83. The molecule has 5 nitrogen and oxygen atoms in total. The lowest BCUT2D eigenvalue weighted by atomic mass is 10.1. The van der Waals surface area contributed by atoms with Crippen LogP contribution in [0.3, 0.4) is 0 Å². The molecule has 0 aliphatic rings. The summed E-state index contributed by atoms with van der Waals surface area (Å²) < 4.78 is 2.28. The third-order valence-electron chi connectivity index (χ3n) is 3.48. The van der Waals surface area contributed by atoms with E-state index in [1.807, 2.05) is 18.2 Å². The molecule has 0 saturated carbocycles. The van der Waals surface area contributed by atoms with Crippen LogP contribution in [-0.4, -0.2) is 16.8 Å². The van der Waals surface area contributed by atoms with Gasteiger partial charge in [-0.1, -0.05) is 12.1 Å². The molecule has 6 heteroatoms. The van der Waals surface area contributed by atoms with E-state index in [0.717, 1.165) is 22.1 Å². The van der Waals surface area contributed by atoms with Gasteiger partial charge in [-0.3, -0.25) is 14.4 Å². The van der Waals surface area contributed by atoms with Crippen LogP contribution in [0.4, 0.5) is 5.69 Å². The quantitative estimate of drug-likeness (QED) is 0.752. The average Bonchev–Trinajstić information content (AvgIpc) is 2.95. The van der Waals surface area contributed by atoms with Crippen molar-refractivity contribution >= 4 is 39.3 Å². The number of nitrogens with zero attached hydrogens (tertiary/aromatic N) is 1. The number of anilines is 1. The maximum atomic E-state index is 12.3. The van der Waals surface area contributed by atoms with Crippen molar-refractivity contribution in [3.8, 4) is 11.1 Å². The molecule has 0 radical (unpaired) electrons. The molecule has 0 saturated heterocycles. The highest BCUT2D eigenvalue weighted by atomic mass is 32.1. The summed E-state index contributed by atoms with van der Waals surface area (Å²) in [6.07, 6.45) is 2.50. The van der Waals surface area contributed by atoms with E-state index in [1.165, 1.54) is 22.8 Å². The number of aryl methyl sites for hydroxylation is 1. The van der Waals surface area contributed by atoms with Crippen LogP contribution in [0.1, 0.15) is 16.6 Å². The second-order valence-electron chi connectivity index (χ2n) is 5.23. The van der Waals surface area contributed by atoms with E-state index in [0.29, 0.717) is 16.0 Å². The van der Waals surface area contributed by atoms with Gasteiger partial charge in [0.15, 0.2) is 6.29 Å². The fourth-order valence-electron chi connectivity index (χ4n) is 2.50. The molecule has 3 aromatic rings. The fourth-order valence-corrected chi connectivity index (χ4v) is 3.50. The van der Waals surface area contributed by atoms with Crippen molar-refractivity contribution < 1.29 is 9.59 Å². The number of benzene rings is 1. The summed E-state index contributed by atoms with van der Waals surface area (Å²) in [5, 5.41) is 3.27. The SMILES string of the molecule is CC(=O)Nc1cccc(-c2cn(C)c(=O)c3cc(C=O)sc23)c1. The minimum Gasteiger partial charge on any atom is -0.326 e. The monoisotopic (exact) mass is 326 g/mol. The summed E-state index contributed by atoms with van der Waals surface area (Å²) in [6.45, 7) is 1.45. The first kappa shape index (κ1) is 15.2. The average molecular weight is 326 g/mol. The van der Waals surface area contributed by atoms with Crippen molar-refractivity contribution in [3.63, 3.8) is 0 Å². The second kappa shape index (κ2) is 5.81. The smallest absolute Gasteiger partial charge is 0.259 e. The second-order valence-corrected chi connectivity index (χ2v) is 6.31. The highest BCUT2D eigenvalue weighted by Gasteiger charge is 2.13. The molecular weight excluding hydrogens is 312 g/mol. The Morgan fingerprint density at radius 3 is 2.78 bits per heavy atom. The number of aromatic nitrogens is 1. The number of carbonyl (C=O) groups is 2. The van der Waals surface area contributed by atoms with Crippen LogP contribution in [0.25, 0.3) is 21.2 Å². The van der Waals surface area contributed by atoms with Crippen LogP contribution in [0.15, 0.2) is 41.3 Å². The molecule has 2 aromatic heterocycles. The van der Waals surface area contributed by atoms with Gasteiger partial charge in [0.25, 0.3) is 5.56 Å². The normalized spacial score (nSPS) is 10.7. The molecule has 1 N–H and O–H groups in total. The van der Waals surface area contributed by atoms with Gasteiger partial charge in [-0.15, -0.1) is 11.3 Å². The van der Waals surface area contributed by atoms with E-state index in [1.54, 1.807) is 25.4 Å². The Bertz CT molecular complexity index is 985. The first-order valence-electron chi connectivity index (χ1n) is 6.96. The molecule has 116 valence electrons. The van der Waals surface area contributed by atoms with Crippen LogP contribution in [-0.2, 0) is 11.8 Å². The number of rotatable bonds is 3. The van der Waals surface area contributed by atoms with Crippen molar-refractivity contribution in [3.05, 3.63) is 51.8 Å². The van der Waals surface area contributed by atoms with Gasteiger partial charge in [-0.2, -0.15) is 0 Å². The van der Waals surface area contributed by atoms with Gasteiger partial charge in [0.2, 0.25) is 5.91 Å². The molecule has 0 bridgehead atoms. The van der Waals surface area contributed by atoms with E-state index in [-0.39, 0.29) is 11.5 Å². The molecule has 2 heterocycles. The van der Waals surface area contributed by atoms with Crippen LogP contribution in [0.2, 0.25) is 0 Å². The van der Waals surface area contributed by atoms with Gasteiger partial charge in [-0.05, 0) is 23.8 Å². The number of thiophene rings is 1. The number of carbonyl (C=O) groups excluding carboxylic acids is 2. The zero-order valence-electron chi connectivity index (χ0n) is 12.6. The molecule has 23 heavy (non-hydrogen) atoms. The number of amides is 1. The predicted molar refractivity (Wildman–Crippen MR) is 92.2 cm³/mol. The van der Waals surface area contributed by atoms with Crippen molar-refractivity contribution in [1.29, 1.82) is 0 Å². The number of nitrogens with one attached hydrogen (secondary N) is 1. The molecule has 1 amide bonds. The number of hydrogen-bond acceptors (Lipinski definition) is 4. The Labute approximate surface area is 136 Å². The topological polar surface area (TPSA) is 68.2 Å². The van der Waals surface area contributed by atoms with E-state index >= 15 is 0 Å². The molecule has 0 unspecified atom stereocenters. The fraction of sp³-hybridized carbons (Fsp3) is 0.118. The lowest BCUT2D eigenvalue weighted by Crippen LogP contribution is -2.15. The van der Waals surface area contributed by atoms with Crippen molar-refractivity contribution in [2.45, 2.75) is 6.92 Å². The first-order chi connectivity index (χ1) is 11.0. The van der Waals surface area contributed by atoms with Crippen molar-refractivity contribution in [1.82, 2.24) is 4.57 Å². The zero-order valence-corrected chi connectivity index (χ0v) is 13.4. The Hall–Kier alpha value is -2.73. The summed E-state index contributed by atoms with van der Waals surface area (Å²) in [6, 6.07) is 9.02. The summed E-state index contributed by atoms with van der Waals surface area (Å²) in [4.78, 5) is 35.0. The Morgan fingerprint density at radius 2 is 2.09 bits per heavy atom. The van der Waals surface area contributed by atoms with Gasteiger partial charge in [0, 0.05) is 36.1 Å². The summed E-state index contributed by atoms with van der Waals surface area (Å²) >= 11 is 1.29. The maximum Gasteiger partial charge on any atom is 0.259 e. The minimum absolute atomic E-state index is 0.133. The minimum atomic E-state index is -0.146. The van der Waals surface area contributed by atoms with Crippen LogP contribution >= 0.6 is 11.3 Å². The van der Waals surface area contributed by atoms with Crippen LogP contribution < -0.4 is 10.9 Å². The lowest BCUT2D eigenvalue weighted by molar-refractivity contribution is -0.114. The van der Waals surface area contributed by atoms with Crippen LogP contribution in [0, 0.1) is 0 Å². The molecule has 3 rings (SSSR count). The molecular formula is C17H14N2O3S. The molecule has 1 aromatic carbocycles. The standard InChI is InChI=1S/C17H14N2O3S/c1-10(21)18-12-5-3-4-11(6-12)15-8-19(2)17(22)14-7-13(9-20)23-16(14)15/h3-9H,1-2H3,(H,18,21). The van der Waals surface area contributed by atoms with Gasteiger partial charge < -0.3 is 9.88 Å².